The van der Waals surface area contributed by atoms with Crippen LogP contribution in [-0.2, 0) is 15.0 Å². The quantitative estimate of drug-likeness (QED) is 0.419. The van der Waals surface area contributed by atoms with Crippen LogP contribution >= 0.6 is 24.0 Å². The lowest BCUT2D eigenvalue weighted by atomic mass is 9.84. The van der Waals surface area contributed by atoms with Gasteiger partial charge in [0.1, 0.15) is 22.4 Å². The van der Waals surface area contributed by atoms with E-state index >= 15 is 0 Å². The molecule has 0 atom stereocenters. The zero-order valence-electron chi connectivity index (χ0n) is 19.3. The second kappa shape index (κ2) is 9.97. The van der Waals surface area contributed by atoms with Crippen molar-refractivity contribution in [1.82, 2.24) is 4.90 Å². The largest absolute Gasteiger partial charge is 0.496 e. The van der Waals surface area contributed by atoms with E-state index in [4.69, 9.17) is 26.8 Å². The Morgan fingerprint density at radius 3 is 2.55 bits per heavy atom. The van der Waals surface area contributed by atoms with Crippen molar-refractivity contribution in [3.05, 3.63) is 52.4 Å². The van der Waals surface area contributed by atoms with E-state index in [1.54, 1.807) is 13.2 Å². The zero-order chi connectivity index (χ0) is 24.3. The van der Waals surface area contributed by atoms with Crippen molar-refractivity contribution in [3.8, 4) is 22.6 Å². The van der Waals surface area contributed by atoms with Crippen molar-refractivity contribution in [3.63, 3.8) is 0 Å². The second-order valence-corrected chi connectivity index (χ2v) is 10.2. The summed E-state index contributed by atoms with van der Waals surface area (Å²) < 4.78 is 11.7. The number of carbonyl (C=O) groups excluding carboxylic acids is 1. The fraction of sp³-hybridized carbons (Fsp3) is 0.320. The summed E-state index contributed by atoms with van der Waals surface area (Å²) in [5, 5.41) is 9.11. The molecule has 0 saturated carbocycles. The minimum absolute atomic E-state index is 0.141. The molecule has 3 rings (SSSR count). The lowest BCUT2D eigenvalue weighted by Crippen LogP contribution is -2.33. The highest BCUT2D eigenvalue weighted by molar-refractivity contribution is 8.26. The first-order valence-corrected chi connectivity index (χ1v) is 11.7. The Bertz CT molecular complexity index is 1130. The van der Waals surface area contributed by atoms with Gasteiger partial charge in [-0.1, -0.05) is 63.0 Å². The fourth-order valence-corrected chi connectivity index (χ4v) is 4.83. The minimum Gasteiger partial charge on any atom is -0.496 e. The Balaban J connectivity index is 2.17. The average Bonchev–Trinajstić information content (AvgIpc) is 3.01. The first-order valence-electron chi connectivity index (χ1n) is 10.5. The van der Waals surface area contributed by atoms with Crippen molar-refractivity contribution < 1.29 is 24.2 Å². The number of nitrogens with zero attached hydrogens (tertiary/aromatic N) is 1. The molecule has 1 aliphatic rings. The Morgan fingerprint density at radius 2 is 1.94 bits per heavy atom. The summed E-state index contributed by atoms with van der Waals surface area (Å²) in [7, 11) is 1.66. The maximum atomic E-state index is 12.9. The van der Waals surface area contributed by atoms with Crippen LogP contribution in [0.1, 0.15) is 38.8 Å². The van der Waals surface area contributed by atoms with Crippen LogP contribution < -0.4 is 9.47 Å². The zero-order valence-corrected chi connectivity index (χ0v) is 20.9. The molecule has 0 spiro atoms. The predicted molar refractivity (Wildman–Crippen MR) is 136 cm³/mol. The number of carbonyl (C=O) groups is 2. The smallest absolute Gasteiger partial charge is 0.323 e. The topological polar surface area (TPSA) is 76.1 Å². The van der Waals surface area contributed by atoms with Crippen LogP contribution in [0.2, 0.25) is 0 Å². The Morgan fingerprint density at radius 1 is 1.21 bits per heavy atom. The minimum atomic E-state index is -1.11. The summed E-state index contributed by atoms with van der Waals surface area (Å²) in [6, 6.07) is 11.8. The van der Waals surface area contributed by atoms with Gasteiger partial charge in [0.25, 0.3) is 5.91 Å². The van der Waals surface area contributed by atoms with Gasteiger partial charge in [-0.05, 0) is 47.7 Å². The predicted octanol–water partition coefficient (Wildman–Crippen LogP) is 5.34. The number of methoxy groups -OCH3 is 1. The van der Waals surface area contributed by atoms with Crippen LogP contribution in [0.3, 0.4) is 0 Å². The molecule has 174 valence electrons. The van der Waals surface area contributed by atoms with E-state index in [0.29, 0.717) is 17.3 Å². The number of hydrogen-bond donors (Lipinski definition) is 1. The number of carboxylic acid groups (broad SMARTS) is 1. The molecular formula is C25H27NO5S2. The average molecular weight is 486 g/mol. The molecule has 1 aliphatic heterocycles. The normalized spacial score (nSPS) is 15.3. The van der Waals surface area contributed by atoms with E-state index in [1.165, 1.54) is 0 Å². The summed E-state index contributed by atoms with van der Waals surface area (Å²) in [6.07, 6.45) is 1.74. The number of amides is 1. The molecule has 1 amide bonds. The number of thiocarbonyl (C=S) groups is 1. The maximum absolute atomic E-state index is 12.9. The van der Waals surface area contributed by atoms with Crippen LogP contribution in [0.5, 0.6) is 11.5 Å². The summed E-state index contributed by atoms with van der Waals surface area (Å²) in [5.74, 6) is -0.0967. The van der Waals surface area contributed by atoms with Crippen LogP contribution in [0.15, 0.2) is 41.3 Å². The third kappa shape index (κ3) is 5.39. The van der Waals surface area contributed by atoms with Crippen molar-refractivity contribution in [2.75, 3.05) is 20.3 Å². The molecule has 33 heavy (non-hydrogen) atoms. The number of aliphatic carboxylic acids is 1. The van der Waals surface area contributed by atoms with E-state index in [-0.39, 0.29) is 9.74 Å². The molecule has 1 fully saturated rings. The molecule has 8 heteroatoms. The van der Waals surface area contributed by atoms with Gasteiger partial charge in [0.05, 0.1) is 18.6 Å². The summed E-state index contributed by atoms with van der Waals surface area (Å²) in [5.41, 5.74) is 3.49. The van der Waals surface area contributed by atoms with Gasteiger partial charge in [-0.15, -0.1) is 0 Å². The van der Waals surface area contributed by atoms with E-state index in [9.17, 15) is 9.59 Å². The monoisotopic (exact) mass is 485 g/mol. The van der Waals surface area contributed by atoms with Gasteiger partial charge in [-0.25, -0.2) is 0 Å². The van der Waals surface area contributed by atoms with Gasteiger partial charge >= 0.3 is 5.97 Å². The van der Waals surface area contributed by atoms with E-state index in [2.05, 4.69) is 26.8 Å². The lowest BCUT2D eigenvalue weighted by Gasteiger charge is -2.23. The molecule has 1 heterocycles. The van der Waals surface area contributed by atoms with Crippen LogP contribution in [0, 0.1) is 0 Å². The van der Waals surface area contributed by atoms with E-state index < -0.39 is 18.4 Å². The van der Waals surface area contributed by atoms with Crippen LogP contribution in [0.25, 0.3) is 17.2 Å². The molecule has 0 aromatic heterocycles. The van der Waals surface area contributed by atoms with Gasteiger partial charge in [0.15, 0.2) is 0 Å². The number of rotatable bonds is 7. The Labute approximate surface area is 203 Å². The lowest BCUT2D eigenvalue weighted by molar-refractivity contribution is -0.140. The van der Waals surface area contributed by atoms with Crippen molar-refractivity contribution >= 4 is 46.3 Å². The first kappa shape index (κ1) is 24.8. The third-order valence-electron chi connectivity index (χ3n) is 5.13. The van der Waals surface area contributed by atoms with E-state index in [1.807, 2.05) is 37.3 Å². The van der Waals surface area contributed by atoms with Gasteiger partial charge in [0, 0.05) is 11.1 Å². The standard InChI is InChI=1S/C25H27NO5S2/c1-6-31-19-9-7-8-16(15-10-11-20(30-5)18(12-15)25(2,3)4)17(19)13-21-23(29)26(14-22(27)28)24(32)33-21/h7-13H,6,14H2,1-5H3,(H,27,28)/b21-13+. The number of thioether (sulfide) groups is 1. The fourth-order valence-electron chi connectivity index (χ4n) is 3.59. The molecule has 6 nitrogen and oxygen atoms in total. The Kier molecular flexibility index (Phi) is 7.49. The molecule has 0 radical (unpaired) electrons. The number of carboxylic acids is 1. The SMILES string of the molecule is CCOc1cccc(-c2ccc(OC)c(C(C)(C)C)c2)c1/C=C1/SC(=S)N(CC(=O)O)C1=O. The highest BCUT2D eigenvalue weighted by Crippen LogP contribution is 2.40. The molecule has 2 aromatic rings. The van der Waals surface area contributed by atoms with Gasteiger partial charge < -0.3 is 14.6 Å². The molecule has 0 bridgehead atoms. The molecule has 1 N–H and O–H groups in total. The molecule has 2 aromatic carbocycles. The third-order valence-corrected chi connectivity index (χ3v) is 6.50. The highest BCUT2D eigenvalue weighted by atomic mass is 32.2. The molecule has 0 aliphatic carbocycles. The van der Waals surface area contributed by atoms with Crippen molar-refractivity contribution in [1.29, 1.82) is 0 Å². The van der Waals surface area contributed by atoms with Gasteiger partial charge in [-0.2, -0.15) is 0 Å². The summed E-state index contributed by atoms with van der Waals surface area (Å²) in [4.78, 5) is 25.5. The van der Waals surface area contributed by atoms with Gasteiger partial charge in [0.2, 0.25) is 0 Å². The van der Waals surface area contributed by atoms with E-state index in [0.717, 1.165) is 44.7 Å². The van der Waals surface area contributed by atoms with Crippen molar-refractivity contribution in [2.45, 2.75) is 33.1 Å². The molecule has 1 saturated heterocycles. The number of benzene rings is 2. The molecular weight excluding hydrogens is 458 g/mol. The molecule has 0 unspecified atom stereocenters. The second-order valence-electron chi connectivity index (χ2n) is 8.48. The first-order chi connectivity index (χ1) is 15.6. The van der Waals surface area contributed by atoms with Gasteiger partial charge in [-0.3, -0.25) is 14.5 Å². The maximum Gasteiger partial charge on any atom is 0.323 e. The number of ether oxygens (including phenoxy) is 2. The van der Waals surface area contributed by atoms with Crippen LogP contribution in [-0.4, -0.2) is 46.5 Å². The van der Waals surface area contributed by atoms with Crippen LogP contribution in [0.4, 0.5) is 0 Å². The van der Waals surface area contributed by atoms with Crippen molar-refractivity contribution in [2.24, 2.45) is 0 Å². The summed E-state index contributed by atoms with van der Waals surface area (Å²) in [6.45, 7) is 8.27. The highest BCUT2D eigenvalue weighted by Gasteiger charge is 2.34. The summed E-state index contributed by atoms with van der Waals surface area (Å²) >= 11 is 6.34. The number of hydrogen-bond acceptors (Lipinski definition) is 6. The Hall–Kier alpha value is -2.84.